The van der Waals surface area contributed by atoms with Crippen molar-refractivity contribution in [3.63, 3.8) is 0 Å². The van der Waals surface area contributed by atoms with E-state index >= 15 is 0 Å². The first-order valence-electron chi connectivity index (χ1n) is 7.75. The minimum atomic E-state index is -1.08. The minimum absolute atomic E-state index is 0.102. The first-order valence-corrected chi connectivity index (χ1v) is 7.75. The van der Waals surface area contributed by atoms with Crippen molar-refractivity contribution >= 4 is 0 Å². The van der Waals surface area contributed by atoms with Gasteiger partial charge in [0.05, 0.1) is 5.56 Å². The number of aryl methyl sites for hydroxylation is 1. The maximum atomic E-state index is 14.3. The van der Waals surface area contributed by atoms with Crippen LogP contribution in [0.5, 0.6) is 0 Å². The van der Waals surface area contributed by atoms with E-state index in [0.29, 0.717) is 0 Å². The lowest BCUT2D eigenvalue weighted by molar-refractivity contribution is 0.508. The van der Waals surface area contributed by atoms with Crippen molar-refractivity contribution in [2.45, 2.75) is 13.3 Å². The molecule has 0 radical (unpaired) electrons. The van der Waals surface area contributed by atoms with Crippen LogP contribution in [-0.4, -0.2) is 9.97 Å². The minimum Gasteiger partial charge on any atom is -0.236 e. The van der Waals surface area contributed by atoms with Gasteiger partial charge in [-0.15, -0.1) is 0 Å². The van der Waals surface area contributed by atoms with Crippen LogP contribution >= 0.6 is 0 Å². The van der Waals surface area contributed by atoms with Gasteiger partial charge in [-0.05, 0) is 42.3 Å². The molecule has 6 heteroatoms. The Bertz CT molecular complexity index is 995. The molecule has 0 bridgehead atoms. The molecule has 0 aliphatic carbocycles. The highest BCUT2D eigenvalue weighted by Crippen LogP contribution is 2.21. The average Bonchev–Trinajstić information content (AvgIpc) is 2.64. The summed E-state index contributed by atoms with van der Waals surface area (Å²) < 4.78 is 54.6. The molecular formula is C20H12F4N2. The second-order valence-electron chi connectivity index (χ2n) is 5.46. The monoisotopic (exact) mass is 356 g/mol. The normalized spacial score (nSPS) is 10.3. The van der Waals surface area contributed by atoms with Crippen LogP contribution in [0.4, 0.5) is 17.6 Å². The number of hydrogen-bond acceptors (Lipinski definition) is 2. The Morgan fingerprint density at radius 1 is 0.808 bits per heavy atom. The van der Waals surface area contributed by atoms with Gasteiger partial charge in [0.1, 0.15) is 11.6 Å². The van der Waals surface area contributed by atoms with E-state index in [1.54, 1.807) is 12.4 Å². The third-order valence-electron chi connectivity index (χ3n) is 3.67. The fourth-order valence-corrected chi connectivity index (χ4v) is 2.22. The van der Waals surface area contributed by atoms with Crippen molar-refractivity contribution in [3.05, 3.63) is 82.7 Å². The van der Waals surface area contributed by atoms with Crippen LogP contribution in [-0.2, 0) is 6.42 Å². The molecule has 0 spiro atoms. The summed E-state index contributed by atoms with van der Waals surface area (Å²) in [4.78, 5) is 8.17. The largest absolute Gasteiger partial charge is 0.236 e. The zero-order valence-electron chi connectivity index (χ0n) is 13.7. The van der Waals surface area contributed by atoms with Crippen LogP contribution in [0.25, 0.3) is 11.4 Å². The molecule has 2 aromatic carbocycles. The predicted octanol–water partition coefficient (Wildman–Crippen LogP) is 4.66. The second-order valence-corrected chi connectivity index (χ2v) is 5.46. The summed E-state index contributed by atoms with van der Waals surface area (Å²) in [6.07, 6.45) is 3.94. The van der Waals surface area contributed by atoms with E-state index in [4.69, 9.17) is 0 Å². The van der Waals surface area contributed by atoms with Gasteiger partial charge < -0.3 is 0 Å². The zero-order valence-corrected chi connectivity index (χ0v) is 13.7. The van der Waals surface area contributed by atoms with E-state index in [2.05, 4.69) is 21.8 Å². The van der Waals surface area contributed by atoms with Crippen molar-refractivity contribution in [1.82, 2.24) is 9.97 Å². The molecule has 3 aromatic rings. The van der Waals surface area contributed by atoms with Gasteiger partial charge in [0.15, 0.2) is 17.5 Å². The predicted molar refractivity (Wildman–Crippen MR) is 89.1 cm³/mol. The van der Waals surface area contributed by atoms with Crippen molar-refractivity contribution in [1.29, 1.82) is 0 Å². The summed E-state index contributed by atoms with van der Waals surface area (Å²) in [6, 6.07) is 5.14. The lowest BCUT2D eigenvalue weighted by atomic mass is 10.1. The molecule has 2 nitrogen and oxygen atoms in total. The Morgan fingerprint density at radius 2 is 1.46 bits per heavy atom. The number of hydrogen-bond donors (Lipinski definition) is 0. The molecule has 1 aromatic heterocycles. The molecule has 0 aliphatic heterocycles. The third kappa shape index (κ3) is 3.72. The fourth-order valence-electron chi connectivity index (χ4n) is 2.22. The average molecular weight is 356 g/mol. The zero-order chi connectivity index (χ0) is 18.7. The lowest BCUT2D eigenvalue weighted by Gasteiger charge is -2.04. The SMILES string of the molecule is CCc1cnc(-c2cc(F)c(C#Cc3ccc(F)c(F)c3)c(F)c2)nc1. The molecule has 0 saturated heterocycles. The molecule has 0 saturated carbocycles. The fraction of sp³-hybridized carbons (Fsp3) is 0.100. The summed E-state index contributed by atoms with van der Waals surface area (Å²) in [5.41, 5.74) is 0.721. The van der Waals surface area contributed by atoms with E-state index in [-0.39, 0.29) is 17.0 Å². The van der Waals surface area contributed by atoms with Gasteiger partial charge in [0.2, 0.25) is 0 Å². The maximum absolute atomic E-state index is 14.3. The standard InChI is InChI=1S/C20H12F4N2/c1-2-12-10-25-20(26-11-12)14-8-17(22)15(18(23)9-14)5-3-13-4-6-16(21)19(24)7-13/h4,6-11H,2H2,1H3. The van der Waals surface area contributed by atoms with Crippen LogP contribution in [0, 0.1) is 35.1 Å². The Kier molecular flexibility index (Phi) is 4.99. The van der Waals surface area contributed by atoms with Crippen molar-refractivity contribution in [2.75, 3.05) is 0 Å². The van der Waals surface area contributed by atoms with Gasteiger partial charge in [0, 0.05) is 23.5 Å². The highest BCUT2D eigenvalue weighted by atomic mass is 19.2. The van der Waals surface area contributed by atoms with Gasteiger partial charge in [0.25, 0.3) is 0 Å². The first kappa shape index (κ1) is 17.6. The summed E-state index contributed by atoms with van der Waals surface area (Å²) in [6.45, 7) is 1.94. The molecule has 1 heterocycles. The van der Waals surface area contributed by atoms with Crippen molar-refractivity contribution in [3.8, 4) is 23.2 Å². The number of nitrogens with zero attached hydrogens (tertiary/aromatic N) is 2. The van der Waals surface area contributed by atoms with Gasteiger partial charge in [-0.25, -0.2) is 27.5 Å². The molecule has 0 N–H and O–H groups in total. The molecule has 0 fully saturated rings. The third-order valence-corrected chi connectivity index (χ3v) is 3.67. The van der Waals surface area contributed by atoms with E-state index in [1.807, 2.05) is 6.92 Å². The molecular weight excluding hydrogens is 344 g/mol. The number of benzene rings is 2. The highest BCUT2D eigenvalue weighted by molar-refractivity contribution is 5.58. The van der Waals surface area contributed by atoms with Gasteiger partial charge in [-0.2, -0.15) is 0 Å². The molecule has 0 atom stereocenters. The second kappa shape index (κ2) is 7.36. The number of aromatic nitrogens is 2. The van der Waals surface area contributed by atoms with E-state index in [1.165, 1.54) is 6.07 Å². The molecule has 26 heavy (non-hydrogen) atoms. The smallest absolute Gasteiger partial charge is 0.160 e. The van der Waals surface area contributed by atoms with Gasteiger partial charge in [-0.3, -0.25) is 0 Å². The molecule has 0 amide bonds. The summed E-state index contributed by atoms with van der Waals surface area (Å²) in [5, 5.41) is 0. The quantitative estimate of drug-likeness (QED) is 0.493. The van der Waals surface area contributed by atoms with Crippen LogP contribution in [0.2, 0.25) is 0 Å². The lowest BCUT2D eigenvalue weighted by Crippen LogP contribution is -1.96. The molecule has 0 aliphatic rings. The Balaban J connectivity index is 1.95. The van der Waals surface area contributed by atoms with Crippen LogP contribution < -0.4 is 0 Å². The van der Waals surface area contributed by atoms with Crippen molar-refractivity contribution < 1.29 is 17.6 Å². The topological polar surface area (TPSA) is 25.8 Å². The van der Waals surface area contributed by atoms with Crippen LogP contribution in [0.15, 0.2) is 42.7 Å². The van der Waals surface area contributed by atoms with E-state index in [9.17, 15) is 17.6 Å². The summed E-state index contributed by atoms with van der Waals surface area (Å²) >= 11 is 0. The summed E-state index contributed by atoms with van der Waals surface area (Å²) in [5.74, 6) is 1.04. The molecule has 3 rings (SSSR count). The molecule has 0 unspecified atom stereocenters. The molecule has 130 valence electrons. The highest BCUT2D eigenvalue weighted by Gasteiger charge is 2.12. The number of rotatable bonds is 2. The van der Waals surface area contributed by atoms with Crippen LogP contribution in [0.3, 0.4) is 0 Å². The van der Waals surface area contributed by atoms with Gasteiger partial charge in [-0.1, -0.05) is 18.8 Å². The Morgan fingerprint density at radius 3 is 2.04 bits per heavy atom. The van der Waals surface area contributed by atoms with Crippen LogP contribution in [0.1, 0.15) is 23.6 Å². The Hall–Kier alpha value is -3.20. The number of halogens is 4. The summed E-state index contributed by atoms with van der Waals surface area (Å²) in [7, 11) is 0. The van der Waals surface area contributed by atoms with E-state index in [0.717, 1.165) is 36.2 Å². The van der Waals surface area contributed by atoms with Gasteiger partial charge >= 0.3 is 0 Å². The van der Waals surface area contributed by atoms with Crippen molar-refractivity contribution in [2.24, 2.45) is 0 Å². The first-order chi connectivity index (χ1) is 12.5. The van der Waals surface area contributed by atoms with E-state index < -0.39 is 28.8 Å². The maximum Gasteiger partial charge on any atom is 0.160 e. The Labute approximate surface area is 147 Å².